The zero-order valence-corrected chi connectivity index (χ0v) is 17.1. The van der Waals surface area contributed by atoms with Gasteiger partial charge in [-0.25, -0.2) is 0 Å². The second kappa shape index (κ2) is 6.90. The average Bonchev–Trinajstić information content (AvgIpc) is 3.30. The molecule has 5 rings (SSSR count). The molecule has 0 spiro atoms. The van der Waals surface area contributed by atoms with Crippen molar-refractivity contribution in [3.63, 3.8) is 0 Å². The Balaban J connectivity index is 1.30. The summed E-state index contributed by atoms with van der Waals surface area (Å²) in [6, 6.07) is 11.4. The first kappa shape index (κ1) is 18.7. The Labute approximate surface area is 174 Å². The van der Waals surface area contributed by atoms with Gasteiger partial charge in [-0.1, -0.05) is 18.2 Å². The number of carbonyl (C=O) groups is 1. The molecule has 0 saturated heterocycles. The molecule has 30 heavy (non-hydrogen) atoms. The van der Waals surface area contributed by atoms with Crippen LogP contribution < -0.4 is 20.3 Å². The molecular weight excluding hydrogens is 380 g/mol. The maximum atomic E-state index is 12.5. The van der Waals surface area contributed by atoms with Crippen LogP contribution in [0.1, 0.15) is 37.0 Å². The molecule has 2 aromatic carbocycles. The Morgan fingerprint density at radius 3 is 2.90 bits per heavy atom. The van der Waals surface area contributed by atoms with Crippen molar-refractivity contribution in [1.29, 1.82) is 0 Å². The summed E-state index contributed by atoms with van der Waals surface area (Å²) in [5, 5.41) is 3.90. The summed E-state index contributed by atoms with van der Waals surface area (Å²) in [5.41, 5.74) is 4.19. The minimum atomic E-state index is -0.272. The molecule has 2 aliphatic rings. The van der Waals surface area contributed by atoms with E-state index < -0.39 is 0 Å². The highest BCUT2D eigenvalue weighted by Gasteiger charge is 2.32. The number of nitrogens with one attached hydrogen (secondary N) is 2. The van der Waals surface area contributed by atoms with Crippen LogP contribution in [0.25, 0.3) is 10.9 Å². The lowest BCUT2D eigenvalue weighted by atomic mass is 10.0. The van der Waals surface area contributed by atoms with Gasteiger partial charge in [-0.2, -0.15) is 0 Å². The van der Waals surface area contributed by atoms with Gasteiger partial charge in [-0.05, 0) is 56.9 Å². The van der Waals surface area contributed by atoms with Gasteiger partial charge in [0.05, 0.1) is 5.52 Å². The highest BCUT2D eigenvalue weighted by atomic mass is 16.5. The standard InChI is InChI=1S/C24H24N2O4/c1-24(2)12-14-5-3-8-20(22(14)30-24)29-13-21(27)25-15-9-10-17-16-6-4-7-18(16)23(28)26-19(17)11-15/h3,5,8-11H,4,6-7,12-13H2,1-2H3,(H,25,27)(H,26,28). The van der Waals surface area contributed by atoms with E-state index in [4.69, 9.17) is 9.47 Å². The number of aromatic nitrogens is 1. The SMILES string of the molecule is CC1(C)Cc2cccc(OCC(=O)Nc3ccc4c5c(c(=O)[nH]c4c3)CCC5)c2O1. The highest BCUT2D eigenvalue weighted by molar-refractivity contribution is 5.95. The number of amides is 1. The molecule has 1 aromatic heterocycles. The number of aromatic amines is 1. The van der Waals surface area contributed by atoms with Crippen LogP contribution >= 0.6 is 0 Å². The first-order valence-corrected chi connectivity index (χ1v) is 10.3. The summed E-state index contributed by atoms with van der Waals surface area (Å²) < 4.78 is 11.7. The van der Waals surface area contributed by atoms with Crippen LogP contribution in [0.4, 0.5) is 5.69 Å². The van der Waals surface area contributed by atoms with Crippen molar-refractivity contribution in [2.45, 2.75) is 45.1 Å². The fourth-order valence-electron chi connectivity index (χ4n) is 4.52. The number of H-pyrrole nitrogens is 1. The zero-order valence-electron chi connectivity index (χ0n) is 17.1. The molecule has 2 heterocycles. The topological polar surface area (TPSA) is 80.4 Å². The number of fused-ring (bicyclic) bond motifs is 4. The molecule has 0 radical (unpaired) electrons. The summed E-state index contributed by atoms with van der Waals surface area (Å²) >= 11 is 0. The van der Waals surface area contributed by atoms with Crippen LogP contribution in [0.5, 0.6) is 11.5 Å². The van der Waals surface area contributed by atoms with Crippen LogP contribution in [-0.2, 0) is 24.1 Å². The maximum absolute atomic E-state index is 12.5. The van der Waals surface area contributed by atoms with Crippen molar-refractivity contribution in [2.24, 2.45) is 0 Å². The number of pyridine rings is 1. The van der Waals surface area contributed by atoms with Crippen LogP contribution in [-0.4, -0.2) is 23.1 Å². The number of anilines is 1. The Bertz CT molecular complexity index is 1230. The first-order chi connectivity index (χ1) is 14.4. The molecule has 0 atom stereocenters. The summed E-state index contributed by atoms with van der Waals surface area (Å²) in [4.78, 5) is 27.7. The summed E-state index contributed by atoms with van der Waals surface area (Å²) in [6.45, 7) is 3.94. The van der Waals surface area contributed by atoms with E-state index in [0.29, 0.717) is 17.2 Å². The second-order valence-electron chi connectivity index (χ2n) is 8.64. The normalized spacial score (nSPS) is 16.1. The van der Waals surface area contributed by atoms with E-state index in [1.807, 2.05) is 44.2 Å². The Kier molecular flexibility index (Phi) is 4.31. The number of hydrogen-bond acceptors (Lipinski definition) is 4. The van der Waals surface area contributed by atoms with Gasteiger partial charge in [0.15, 0.2) is 18.1 Å². The average molecular weight is 404 g/mol. The molecule has 0 bridgehead atoms. The third kappa shape index (κ3) is 3.32. The largest absolute Gasteiger partial charge is 0.483 e. The minimum absolute atomic E-state index is 0.0253. The molecule has 0 saturated carbocycles. The van der Waals surface area contributed by atoms with Crippen molar-refractivity contribution in [2.75, 3.05) is 11.9 Å². The van der Waals surface area contributed by atoms with Crippen molar-refractivity contribution in [1.82, 2.24) is 4.98 Å². The lowest BCUT2D eigenvalue weighted by molar-refractivity contribution is -0.118. The monoisotopic (exact) mass is 404 g/mol. The van der Waals surface area contributed by atoms with Gasteiger partial charge < -0.3 is 19.8 Å². The molecular formula is C24H24N2O4. The Morgan fingerprint density at radius 1 is 1.20 bits per heavy atom. The molecule has 6 nitrogen and oxygen atoms in total. The van der Waals surface area contributed by atoms with Gasteiger partial charge in [-0.3, -0.25) is 9.59 Å². The molecule has 6 heteroatoms. The van der Waals surface area contributed by atoms with E-state index in [1.165, 1.54) is 0 Å². The molecule has 0 fully saturated rings. The lowest BCUT2D eigenvalue weighted by Crippen LogP contribution is -2.25. The summed E-state index contributed by atoms with van der Waals surface area (Å²) in [6.07, 6.45) is 3.58. The Morgan fingerprint density at radius 2 is 2.03 bits per heavy atom. The fraction of sp³-hybridized carbons (Fsp3) is 0.333. The molecule has 1 aliphatic carbocycles. The first-order valence-electron chi connectivity index (χ1n) is 10.3. The van der Waals surface area contributed by atoms with E-state index in [9.17, 15) is 9.59 Å². The molecule has 2 N–H and O–H groups in total. The number of rotatable bonds is 4. The van der Waals surface area contributed by atoms with Crippen LogP contribution in [0.3, 0.4) is 0 Å². The quantitative estimate of drug-likeness (QED) is 0.694. The van der Waals surface area contributed by atoms with Gasteiger partial charge in [-0.15, -0.1) is 0 Å². The van der Waals surface area contributed by atoms with Crippen molar-refractivity contribution in [3.8, 4) is 11.5 Å². The van der Waals surface area contributed by atoms with Gasteiger partial charge in [0.2, 0.25) is 0 Å². The van der Waals surface area contributed by atoms with E-state index in [1.54, 1.807) is 6.07 Å². The van der Waals surface area contributed by atoms with Gasteiger partial charge >= 0.3 is 0 Å². The predicted octanol–water partition coefficient (Wildman–Crippen LogP) is 3.75. The Hall–Kier alpha value is -3.28. The fourth-order valence-corrected chi connectivity index (χ4v) is 4.52. The molecule has 3 aromatic rings. The predicted molar refractivity (Wildman–Crippen MR) is 116 cm³/mol. The number of aryl methyl sites for hydroxylation is 1. The van der Waals surface area contributed by atoms with E-state index in [0.717, 1.165) is 53.3 Å². The number of hydrogen-bond donors (Lipinski definition) is 2. The number of benzene rings is 2. The maximum Gasteiger partial charge on any atom is 0.262 e. The van der Waals surface area contributed by atoms with E-state index >= 15 is 0 Å². The van der Waals surface area contributed by atoms with Crippen molar-refractivity contribution in [3.05, 3.63) is 63.4 Å². The van der Waals surface area contributed by atoms with Gasteiger partial charge in [0, 0.05) is 28.6 Å². The lowest BCUT2D eigenvalue weighted by Gasteiger charge is -2.18. The zero-order chi connectivity index (χ0) is 20.9. The van der Waals surface area contributed by atoms with Crippen LogP contribution in [0.2, 0.25) is 0 Å². The van der Waals surface area contributed by atoms with Gasteiger partial charge in [0.25, 0.3) is 11.5 Å². The third-order valence-corrected chi connectivity index (χ3v) is 5.78. The van der Waals surface area contributed by atoms with Crippen molar-refractivity contribution >= 4 is 22.5 Å². The highest BCUT2D eigenvalue weighted by Crippen LogP contribution is 2.41. The van der Waals surface area contributed by atoms with Crippen LogP contribution in [0.15, 0.2) is 41.2 Å². The number of ether oxygens (including phenoxy) is 2. The number of para-hydroxylation sites is 1. The number of carbonyl (C=O) groups excluding carboxylic acids is 1. The smallest absolute Gasteiger partial charge is 0.262 e. The minimum Gasteiger partial charge on any atom is -0.483 e. The molecule has 1 aliphatic heterocycles. The summed E-state index contributed by atoms with van der Waals surface area (Å²) in [5.74, 6) is 1.02. The van der Waals surface area contributed by atoms with Gasteiger partial charge in [0.1, 0.15) is 5.60 Å². The molecule has 154 valence electrons. The van der Waals surface area contributed by atoms with E-state index in [-0.39, 0.29) is 23.7 Å². The van der Waals surface area contributed by atoms with E-state index in [2.05, 4.69) is 10.3 Å². The third-order valence-electron chi connectivity index (χ3n) is 5.78. The van der Waals surface area contributed by atoms with Crippen LogP contribution in [0, 0.1) is 0 Å². The molecule has 1 amide bonds. The second-order valence-corrected chi connectivity index (χ2v) is 8.64. The van der Waals surface area contributed by atoms with Crippen molar-refractivity contribution < 1.29 is 14.3 Å². The molecule has 0 unspecified atom stereocenters. The summed E-state index contributed by atoms with van der Waals surface area (Å²) in [7, 11) is 0.